The Morgan fingerprint density at radius 3 is 2.60 bits per heavy atom. The van der Waals surface area contributed by atoms with Gasteiger partial charge in [0.2, 0.25) is 5.28 Å². The van der Waals surface area contributed by atoms with Crippen LogP contribution in [-0.2, 0) is 7.05 Å². The third-order valence-corrected chi connectivity index (χ3v) is 3.42. The number of fused-ring (bicyclic) bond motifs is 1. The molecule has 0 spiro atoms. The van der Waals surface area contributed by atoms with E-state index in [1.807, 2.05) is 19.3 Å². The average molecular weight is 288 g/mol. The van der Waals surface area contributed by atoms with Crippen LogP contribution in [-0.4, -0.2) is 19.7 Å². The molecule has 0 unspecified atom stereocenters. The summed E-state index contributed by atoms with van der Waals surface area (Å²) in [6.07, 6.45) is 3.62. The molecule has 102 valence electrons. The Labute approximate surface area is 121 Å². The molecule has 0 radical (unpaired) electrons. The summed E-state index contributed by atoms with van der Waals surface area (Å²) in [5.74, 6) is 0.691. The summed E-state index contributed by atoms with van der Waals surface area (Å²) >= 11 is 6.00. The van der Waals surface area contributed by atoms with Crippen molar-refractivity contribution >= 4 is 34.0 Å². The van der Waals surface area contributed by atoms with Gasteiger partial charge in [-0.25, -0.2) is 4.98 Å². The number of hydrogen-bond donors (Lipinski definition) is 1. The molecule has 20 heavy (non-hydrogen) atoms. The third-order valence-electron chi connectivity index (χ3n) is 3.25. The lowest BCUT2D eigenvalue weighted by molar-refractivity contribution is 0.768. The van der Waals surface area contributed by atoms with Crippen LogP contribution in [0.1, 0.15) is 11.1 Å². The molecular formula is C14H14ClN5. The van der Waals surface area contributed by atoms with E-state index in [1.165, 1.54) is 11.1 Å². The fourth-order valence-electron chi connectivity index (χ4n) is 2.08. The Balaban J connectivity index is 2.16. The largest absolute Gasteiger partial charge is 0.337 e. The van der Waals surface area contributed by atoms with Gasteiger partial charge in [0.1, 0.15) is 5.82 Å². The average Bonchev–Trinajstić information content (AvgIpc) is 2.77. The molecule has 6 heteroatoms. The fraction of sp³-hybridized carbons (Fsp3) is 0.214. The lowest BCUT2D eigenvalue weighted by atomic mass is 10.1. The van der Waals surface area contributed by atoms with Crippen LogP contribution >= 0.6 is 11.6 Å². The number of nitrogens with zero attached hydrogens (tertiary/aromatic N) is 4. The van der Waals surface area contributed by atoms with Gasteiger partial charge in [-0.05, 0) is 48.7 Å². The molecule has 0 bridgehead atoms. The van der Waals surface area contributed by atoms with Crippen LogP contribution in [0.5, 0.6) is 0 Å². The molecule has 0 saturated heterocycles. The van der Waals surface area contributed by atoms with Gasteiger partial charge in [-0.3, -0.25) is 4.68 Å². The van der Waals surface area contributed by atoms with E-state index < -0.39 is 0 Å². The van der Waals surface area contributed by atoms with Gasteiger partial charge < -0.3 is 5.32 Å². The first-order valence-corrected chi connectivity index (χ1v) is 6.61. The monoisotopic (exact) mass is 287 g/mol. The van der Waals surface area contributed by atoms with Gasteiger partial charge in [0.15, 0.2) is 0 Å². The molecule has 0 aliphatic rings. The van der Waals surface area contributed by atoms with Crippen molar-refractivity contribution in [1.82, 2.24) is 19.7 Å². The maximum Gasteiger partial charge on any atom is 0.224 e. The van der Waals surface area contributed by atoms with Crippen molar-refractivity contribution in [2.24, 2.45) is 7.05 Å². The van der Waals surface area contributed by atoms with E-state index in [0.717, 1.165) is 16.6 Å². The molecule has 2 heterocycles. The van der Waals surface area contributed by atoms with Gasteiger partial charge in [0.05, 0.1) is 17.4 Å². The lowest BCUT2D eigenvalue weighted by Crippen LogP contribution is -1.97. The molecule has 1 N–H and O–H groups in total. The number of rotatable bonds is 2. The molecule has 0 aliphatic carbocycles. The number of halogens is 1. The minimum absolute atomic E-state index is 0.229. The predicted molar refractivity (Wildman–Crippen MR) is 80.5 cm³/mol. The van der Waals surface area contributed by atoms with Crippen LogP contribution in [0.25, 0.3) is 10.9 Å². The molecular weight excluding hydrogens is 274 g/mol. The van der Waals surface area contributed by atoms with E-state index >= 15 is 0 Å². The summed E-state index contributed by atoms with van der Waals surface area (Å²) in [7, 11) is 1.86. The maximum atomic E-state index is 6.00. The minimum atomic E-state index is 0.229. The molecule has 0 saturated carbocycles. The maximum absolute atomic E-state index is 6.00. The quantitative estimate of drug-likeness (QED) is 0.734. The highest BCUT2D eigenvalue weighted by atomic mass is 35.5. The van der Waals surface area contributed by atoms with Crippen molar-refractivity contribution in [3.8, 4) is 0 Å². The first-order chi connectivity index (χ1) is 9.52. The van der Waals surface area contributed by atoms with Crippen molar-refractivity contribution in [3.05, 3.63) is 40.9 Å². The number of benzene rings is 1. The smallest absolute Gasteiger partial charge is 0.224 e. The standard InChI is InChI=1S/C14H14ClN5/c1-8-4-11-12(5-9(8)2)18-14(15)19-13(11)17-10-6-16-20(3)7-10/h4-7H,1-3H3,(H,17,18,19). The second-order valence-electron chi connectivity index (χ2n) is 4.82. The van der Waals surface area contributed by atoms with Gasteiger partial charge in [-0.1, -0.05) is 0 Å². The predicted octanol–water partition coefficient (Wildman–Crippen LogP) is 3.38. The normalized spacial score (nSPS) is 11.0. The summed E-state index contributed by atoms with van der Waals surface area (Å²) in [6.45, 7) is 4.12. The zero-order chi connectivity index (χ0) is 14.3. The lowest BCUT2D eigenvalue weighted by Gasteiger charge is -2.09. The molecule has 2 aromatic heterocycles. The van der Waals surface area contributed by atoms with Gasteiger partial charge in [-0.2, -0.15) is 10.1 Å². The van der Waals surface area contributed by atoms with Crippen LogP contribution < -0.4 is 5.32 Å². The summed E-state index contributed by atoms with van der Waals surface area (Å²) in [4.78, 5) is 8.56. The van der Waals surface area contributed by atoms with Gasteiger partial charge in [-0.15, -0.1) is 0 Å². The minimum Gasteiger partial charge on any atom is -0.337 e. The molecule has 3 rings (SSSR count). The second-order valence-corrected chi connectivity index (χ2v) is 5.16. The van der Waals surface area contributed by atoms with Crippen molar-refractivity contribution in [2.75, 3.05) is 5.32 Å². The summed E-state index contributed by atoms with van der Waals surface area (Å²) < 4.78 is 1.72. The highest BCUT2D eigenvalue weighted by molar-refractivity contribution is 6.28. The fourth-order valence-corrected chi connectivity index (χ4v) is 2.25. The zero-order valence-corrected chi connectivity index (χ0v) is 12.2. The first kappa shape index (κ1) is 12.9. The SMILES string of the molecule is Cc1cc2nc(Cl)nc(Nc3cnn(C)c3)c2cc1C. The van der Waals surface area contributed by atoms with Crippen LogP contribution in [0.4, 0.5) is 11.5 Å². The topological polar surface area (TPSA) is 55.6 Å². The van der Waals surface area contributed by atoms with Gasteiger partial charge in [0.25, 0.3) is 0 Å². The van der Waals surface area contributed by atoms with E-state index in [-0.39, 0.29) is 5.28 Å². The highest BCUT2D eigenvalue weighted by Crippen LogP contribution is 2.27. The highest BCUT2D eigenvalue weighted by Gasteiger charge is 2.09. The number of aromatic nitrogens is 4. The van der Waals surface area contributed by atoms with Crippen LogP contribution in [0.3, 0.4) is 0 Å². The molecule has 5 nitrogen and oxygen atoms in total. The Bertz CT molecular complexity index is 794. The Morgan fingerprint density at radius 2 is 1.90 bits per heavy atom. The van der Waals surface area contributed by atoms with Crippen LogP contribution in [0.2, 0.25) is 5.28 Å². The van der Waals surface area contributed by atoms with Crippen molar-refractivity contribution in [3.63, 3.8) is 0 Å². The van der Waals surface area contributed by atoms with E-state index in [9.17, 15) is 0 Å². The Hall–Kier alpha value is -2.14. The first-order valence-electron chi connectivity index (χ1n) is 6.23. The third kappa shape index (κ3) is 2.32. The summed E-state index contributed by atoms with van der Waals surface area (Å²) in [5.41, 5.74) is 4.07. The number of anilines is 2. The molecule has 0 aliphatic heterocycles. The molecule has 0 atom stereocenters. The van der Waals surface area contributed by atoms with Gasteiger partial charge >= 0.3 is 0 Å². The summed E-state index contributed by atoms with van der Waals surface area (Å²) in [5, 5.41) is 8.54. The Morgan fingerprint density at radius 1 is 1.15 bits per heavy atom. The molecule has 0 fully saturated rings. The number of aryl methyl sites for hydroxylation is 3. The van der Waals surface area contributed by atoms with E-state index in [0.29, 0.717) is 5.82 Å². The van der Waals surface area contributed by atoms with E-state index in [1.54, 1.807) is 10.9 Å². The van der Waals surface area contributed by atoms with Crippen LogP contribution in [0.15, 0.2) is 24.5 Å². The van der Waals surface area contributed by atoms with E-state index in [4.69, 9.17) is 11.6 Å². The van der Waals surface area contributed by atoms with Crippen LogP contribution in [0, 0.1) is 13.8 Å². The van der Waals surface area contributed by atoms with Gasteiger partial charge in [0, 0.05) is 18.6 Å². The number of nitrogens with one attached hydrogen (secondary N) is 1. The zero-order valence-electron chi connectivity index (χ0n) is 11.5. The van der Waals surface area contributed by atoms with Crippen molar-refractivity contribution < 1.29 is 0 Å². The Kier molecular flexibility index (Phi) is 3.06. The van der Waals surface area contributed by atoms with E-state index in [2.05, 4.69) is 40.3 Å². The second kappa shape index (κ2) is 4.76. The molecule has 1 aromatic carbocycles. The molecule has 3 aromatic rings. The molecule has 0 amide bonds. The van der Waals surface area contributed by atoms with Crippen molar-refractivity contribution in [1.29, 1.82) is 0 Å². The van der Waals surface area contributed by atoms with Crippen molar-refractivity contribution in [2.45, 2.75) is 13.8 Å². The number of hydrogen-bond acceptors (Lipinski definition) is 4. The summed E-state index contributed by atoms with van der Waals surface area (Å²) in [6, 6.07) is 4.09.